The molecule has 5 heteroatoms. The molecular weight excluding hydrogens is 270 g/mol. The molecule has 3 rings (SSSR count). The van der Waals surface area contributed by atoms with Crippen molar-refractivity contribution in [2.45, 2.75) is 43.8 Å². The van der Waals surface area contributed by atoms with Gasteiger partial charge in [-0.2, -0.15) is 0 Å². The Morgan fingerprint density at radius 1 is 1.29 bits per heavy atom. The first-order valence-corrected chi connectivity index (χ1v) is 7.46. The Labute approximate surface area is 124 Å². The Morgan fingerprint density at radius 3 is 2.67 bits per heavy atom. The van der Waals surface area contributed by atoms with Gasteiger partial charge in [0.2, 0.25) is 11.7 Å². The lowest BCUT2D eigenvalue weighted by Crippen LogP contribution is -2.32. The zero-order valence-electron chi connectivity index (χ0n) is 12.2. The van der Waals surface area contributed by atoms with Crippen LogP contribution in [0, 0.1) is 0 Å². The van der Waals surface area contributed by atoms with E-state index in [9.17, 15) is 9.90 Å². The van der Waals surface area contributed by atoms with Gasteiger partial charge in [-0.3, -0.25) is 4.79 Å². The fourth-order valence-corrected chi connectivity index (χ4v) is 3.10. The summed E-state index contributed by atoms with van der Waals surface area (Å²) >= 11 is 0. The fourth-order valence-electron chi connectivity index (χ4n) is 3.10. The number of hydrogen-bond donors (Lipinski definition) is 2. The molecule has 1 aromatic carbocycles. The molecule has 1 aliphatic heterocycles. The van der Waals surface area contributed by atoms with Gasteiger partial charge in [-0.05, 0) is 30.5 Å². The highest BCUT2D eigenvalue weighted by molar-refractivity contribution is 5.79. The minimum absolute atomic E-state index is 0.0766. The van der Waals surface area contributed by atoms with Crippen LogP contribution in [0.25, 0.3) is 0 Å². The summed E-state index contributed by atoms with van der Waals surface area (Å²) in [4.78, 5) is 11.4. The number of rotatable bonds is 4. The molecule has 0 radical (unpaired) electrons. The summed E-state index contributed by atoms with van der Waals surface area (Å²) in [5.41, 5.74) is 1.03. The molecule has 1 unspecified atom stereocenters. The molecule has 0 bridgehead atoms. The van der Waals surface area contributed by atoms with Gasteiger partial charge in [-0.15, -0.1) is 0 Å². The number of ether oxygens (including phenoxy) is 2. The van der Waals surface area contributed by atoms with Crippen LogP contribution in [-0.4, -0.2) is 30.5 Å². The SMILES string of the molecule is COc1ccc(C2CNC(=O)C2)cc1OC1(O)CCCC1. The summed E-state index contributed by atoms with van der Waals surface area (Å²) in [6.45, 7) is 0.648. The minimum atomic E-state index is -1.09. The molecule has 0 spiro atoms. The number of aliphatic hydroxyl groups is 1. The monoisotopic (exact) mass is 291 g/mol. The van der Waals surface area contributed by atoms with Crippen LogP contribution in [0.4, 0.5) is 0 Å². The van der Waals surface area contributed by atoms with E-state index in [1.54, 1.807) is 7.11 Å². The van der Waals surface area contributed by atoms with Gasteiger partial charge in [0.25, 0.3) is 0 Å². The van der Waals surface area contributed by atoms with E-state index in [0.29, 0.717) is 37.3 Å². The zero-order chi connectivity index (χ0) is 14.9. The van der Waals surface area contributed by atoms with E-state index >= 15 is 0 Å². The van der Waals surface area contributed by atoms with E-state index < -0.39 is 5.79 Å². The van der Waals surface area contributed by atoms with Gasteiger partial charge >= 0.3 is 0 Å². The zero-order valence-corrected chi connectivity index (χ0v) is 12.2. The van der Waals surface area contributed by atoms with Crippen LogP contribution < -0.4 is 14.8 Å². The molecule has 5 nitrogen and oxygen atoms in total. The van der Waals surface area contributed by atoms with Crippen molar-refractivity contribution in [3.63, 3.8) is 0 Å². The first kappa shape index (κ1) is 14.2. The number of benzene rings is 1. The van der Waals surface area contributed by atoms with E-state index in [-0.39, 0.29) is 11.8 Å². The maximum Gasteiger partial charge on any atom is 0.220 e. The van der Waals surface area contributed by atoms with Crippen molar-refractivity contribution in [1.82, 2.24) is 5.32 Å². The molecule has 2 N–H and O–H groups in total. The summed E-state index contributed by atoms with van der Waals surface area (Å²) in [6.07, 6.45) is 3.73. The van der Waals surface area contributed by atoms with Crippen molar-refractivity contribution < 1.29 is 19.4 Å². The van der Waals surface area contributed by atoms with Gasteiger partial charge in [-0.25, -0.2) is 0 Å². The lowest BCUT2D eigenvalue weighted by Gasteiger charge is -2.25. The number of methoxy groups -OCH3 is 1. The van der Waals surface area contributed by atoms with Crippen molar-refractivity contribution in [3.05, 3.63) is 23.8 Å². The fraction of sp³-hybridized carbons (Fsp3) is 0.562. The quantitative estimate of drug-likeness (QED) is 0.832. The first-order chi connectivity index (χ1) is 10.1. The number of carbonyl (C=O) groups excluding carboxylic acids is 1. The lowest BCUT2D eigenvalue weighted by atomic mass is 9.98. The predicted octanol–water partition coefficient (Wildman–Crippen LogP) is 1.94. The van der Waals surface area contributed by atoms with Crippen LogP contribution in [0.15, 0.2) is 18.2 Å². The highest BCUT2D eigenvalue weighted by atomic mass is 16.6. The molecule has 21 heavy (non-hydrogen) atoms. The summed E-state index contributed by atoms with van der Waals surface area (Å²) in [7, 11) is 1.58. The van der Waals surface area contributed by atoms with Crippen molar-refractivity contribution in [2.75, 3.05) is 13.7 Å². The Morgan fingerprint density at radius 2 is 2.05 bits per heavy atom. The topological polar surface area (TPSA) is 67.8 Å². The summed E-state index contributed by atoms with van der Waals surface area (Å²) in [5.74, 6) is 0.308. The number of amides is 1. The molecule has 2 fully saturated rings. The van der Waals surface area contributed by atoms with Crippen molar-refractivity contribution >= 4 is 5.91 Å². The molecule has 1 atom stereocenters. The first-order valence-electron chi connectivity index (χ1n) is 7.46. The number of nitrogens with one attached hydrogen (secondary N) is 1. The summed E-state index contributed by atoms with van der Waals surface area (Å²) < 4.78 is 11.2. The van der Waals surface area contributed by atoms with Gasteiger partial charge < -0.3 is 19.9 Å². The third-order valence-corrected chi connectivity index (χ3v) is 4.32. The van der Waals surface area contributed by atoms with Crippen molar-refractivity contribution in [2.24, 2.45) is 0 Å². The van der Waals surface area contributed by atoms with Gasteiger partial charge in [0.05, 0.1) is 7.11 Å². The van der Waals surface area contributed by atoms with E-state index in [2.05, 4.69) is 5.32 Å². The molecule has 1 aliphatic carbocycles. The van der Waals surface area contributed by atoms with Crippen LogP contribution >= 0.6 is 0 Å². The van der Waals surface area contributed by atoms with E-state index in [0.717, 1.165) is 18.4 Å². The lowest BCUT2D eigenvalue weighted by molar-refractivity contribution is -0.131. The van der Waals surface area contributed by atoms with Gasteiger partial charge in [0.1, 0.15) is 0 Å². The molecule has 1 heterocycles. The van der Waals surface area contributed by atoms with Crippen LogP contribution in [-0.2, 0) is 4.79 Å². The molecule has 1 saturated heterocycles. The number of carbonyl (C=O) groups is 1. The Hall–Kier alpha value is -1.75. The third kappa shape index (κ3) is 2.97. The average molecular weight is 291 g/mol. The van der Waals surface area contributed by atoms with Crippen molar-refractivity contribution in [3.8, 4) is 11.5 Å². The Bertz CT molecular complexity index is 537. The van der Waals surface area contributed by atoms with E-state index in [4.69, 9.17) is 9.47 Å². The van der Waals surface area contributed by atoms with Gasteiger partial charge in [0.15, 0.2) is 11.5 Å². The molecule has 1 amide bonds. The number of hydrogen-bond acceptors (Lipinski definition) is 4. The molecule has 2 aliphatic rings. The molecule has 114 valence electrons. The second-order valence-electron chi connectivity index (χ2n) is 5.87. The van der Waals surface area contributed by atoms with E-state index in [1.165, 1.54) is 0 Å². The van der Waals surface area contributed by atoms with Gasteiger partial charge in [0, 0.05) is 31.7 Å². The molecule has 0 aromatic heterocycles. The molecule has 1 saturated carbocycles. The van der Waals surface area contributed by atoms with Crippen LogP contribution in [0.5, 0.6) is 11.5 Å². The standard InChI is InChI=1S/C16H21NO4/c1-20-13-5-4-11(12-9-15(18)17-10-12)8-14(13)21-16(19)6-2-3-7-16/h4-5,8,12,19H,2-3,6-7,9-10H2,1H3,(H,17,18). The van der Waals surface area contributed by atoms with E-state index in [1.807, 2.05) is 18.2 Å². The Balaban J connectivity index is 1.84. The van der Waals surface area contributed by atoms with Crippen LogP contribution in [0.2, 0.25) is 0 Å². The summed E-state index contributed by atoms with van der Waals surface area (Å²) in [5, 5.41) is 13.3. The highest BCUT2D eigenvalue weighted by Gasteiger charge is 2.34. The maximum atomic E-state index is 11.4. The normalized spacial score (nSPS) is 23.9. The largest absolute Gasteiger partial charge is 0.493 e. The third-order valence-electron chi connectivity index (χ3n) is 4.32. The highest BCUT2D eigenvalue weighted by Crippen LogP contribution is 2.38. The summed E-state index contributed by atoms with van der Waals surface area (Å²) in [6, 6.07) is 5.68. The second-order valence-corrected chi connectivity index (χ2v) is 5.87. The molecule has 1 aromatic rings. The average Bonchev–Trinajstić information content (AvgIpc) is 3.08. The second kappa shape index (κ2) is 5.56. The van der Waals surface area contributed by atoms with Crippen LogP contribution in [0.1, 0.15) is 43.6 Å². The maximum absolute atomic E-state index is 11.4. The Kier molecular flexibility index (Phi) is 3.76. The smallest absolute Gasteiger partial charge is 0.220 e. The van der Waals surface area contributed by atoms with Crippen molar-refractivity contribution in [1.29, 1.82) is 0 Å². The minimum Gasteiger partial charge on any atom is -0.493 e. The van der Waals surface area contributed by atoms with Crippen LogP contribution in [0.3, 0.4) is 0 Å². The predicted molar refractivity (Wildman–Crippen MR) is 77.4 cm³/mol. The van der Waals surface area contributed by atoms with Gasteiger partial charge in [-0.1, -0.05) is 6.07 Å². The molecular formula is C16H21NO4.